The molecule has 2 nitrogen and oxygen atoms in total. The van der Waals surface area contributed by atoms with Gasteiger partial charge in [0, 0.05) is 12.6 Å². The molecule has 0 amide bonds. The number of hydrogen-bond donors (Lipinski definition) is 2. The van der Waals surface area contributed by atoms with Crippen LogP contribution in [0.25, 0.3) is 0 Å². The maximum Gasteiger partial charge on any atom is 0.0188 e. The molecule has 0 aliphatic carbocycles. The maximum atomic E-state index is 5.92. The lowest BCUT2D eigenvalue weighted by Crippen LogP contribution is -2.39. The minimum atomic E-state index is 0.291. The maximum absolute atomic E-state index is 5.92. The van der Waals surface area contributed by atoms with Gasteiger partial charge < -0.3 is 11.1 Å². The van der Waals surface area contributed by atoms with Crippen molar-refractivity contribution >= 4 is 0 Å². The molecule has 0 bridgehead atoms. The van der Waals surface area contributed by atoms with Crippen molar-refractivity contribution in [2.45, 2.75) is 40.7 Å². The highest BCUT2D eigenvalue weighted by Crippen LogP contribution is 2.07. The molecule has 0 saturated heterocycles. The van der Waals surface area contributed by atoms with E-state index >= 15 is 0 Å². The average Bonchev–Trinajstić information content (AvgIpc) is 2.03. The second-order valence-electron chi connectivity index (χ2n) is 4.79. The van der Waals surface area contributed by atoms with Crippen molar-refractivity contribution in [3.63, 3.8) is 0 Å². The van der Waals surface area contributed by atoms with E-state index in [0.29, 0.717) is 12.0 Å². The lowest BCUT2D eigenvalue weighted by molar-refractivity contribution is 0.372. The Bertz CT molecular complexity index is 107. The topological polar surface area (TPSA) is 38.0 Å². The molecule has 13 heavy (non-hydrogen) atoms. The quantitative estimate of drug-likeness (QED) is 0.664. The predicted molar refractivity (Wildman–Crippen MR) is 59.7 cm³/mol. The van der Waals surface area contributed by atoms with Crippen molar-refractivity contribution in [2.75, 3.05) is 13.1 Å². The third-order valence-corrected chi connectivity index (χ3v) is 2.84. The van der Waals surface area contributed by atoms with Crippen LogP contribution in [0.4, 0.5) is 0 Å². The van der Waals surface area contributed by atoms with E-state index in [1.165, 1.54) is 0 Å². The molecular weight excluding hydrogens is 160 g/mol. The van der Waals surface area contributed by atoms with Crippen LogP contribution in [0.1, 0.15) is 34.6 Å². The van der Waals surface area contributed by atoms with E-state index in [1.807, 2.05) is 0 Å². The average molecular weight is 186 g/mol. The van der Waals surface area contributed by atoms with Gasteiger partial charge in [-0.15, -0.1) is 0 Å². The van der Waals surface area contributed by atoms with Crippen LogP contribution in [0.15, 0.2) is 0 Å². The molecule has 2 unspecified atom stereocenters. The molecule has 0 aliphatic heterocycles. The normalized spacial score (nSPS) is 16.6. The highest BCUT2D eigenvalue weighted by atomic mass is 14.9. The summed E-state index contributed by atoms with van der Waals surface area (Å²) in [4.78, 5) is 0. The van der Waals surface area contributed by atoms with Crippen LogP contribution in [0.5, 0.6) is 0 Å². The summed E-state index contributed by atoms with van der Waals surface area (Å²) < 4.78 is 0. The van der Waals surface area contributed by atoms with Crippen LogP contribution in [-0.4, -0.2) is 19.1 Å². The summed E-state index contributed by atoms with van der Waals surface area (Å²) in [7, 11) is 0. The first-order chi connectivity index (χ1) is 5.95. The van der Waals surface area contributed by atoms with Crippen molar-refractivity contribution < 1.29 is 0 Å². The fourth-order valence-corrected chi connectivity index (χ4v) is 0.949. The molecule has 0 aromatic carbocycles. The molecule has 2 atom stereocenters. The number of rotatable bonds is 6. The van der Waals surface area contributed by atoms with Crippen LogP contribution in [0, 0.1) is 17.8 Å². The van der Waals surface area contributed by atoms with E-state index in [2.05, 4.69) is 39.9 Å². The van der Waals surface area contributed by atoms with Gasteiger partial charge in [-0.3, -0.25) is 0 Å². The first-order valence-corrected chi connectivity index (χ1v) is 5.41. The van der Waals surface area contributed by atoms with Crippen LogP contribution in [0.3, 0.4) is 0 Å². The van der Waals surface area contributed by atoms with Crippen molar-refractivity contribution in [1.29, 1.82) is 0 Å². The predicted octanol–water partition coefficient (Wildman–Crippen LogP) is 1.85. The minimum Gasteiger partial charge on any atom is -0.326 e. The monoisotopic (exact) mass is 186 g/mol. The lowest BCUT2D eigenvalue weighted by Gasteiger charge is -2.20. The Kier molecular flexibility index (Phi) is 6.35. The molecule has 0 radical (unpaired) electrons. The van der Waals surface area contributed by atoms with E-state index in [-0.39, 0.29) is 0 Å². The first-order valence-electron chi connectivity index (χ1n) is 5.41. The summed E-state index contributed by atoms with van der Waals surface area (Å²) in [6, 6.07) is 0.291. The van der Waals surface area contributed by atoms with E-state index < -0.39 is 0 Å². The van der Waals surface area contributed by atoms with Crippen LogP contribution in [0.2, 0.25) is 0 Å². The third-order valence-electron chi connectivity index (χ3n) is 2.84. The van der Waals surface area contributed by atoms with Gasteiger partial charge in [0.1, 0.15) is 0 Å². The van der Waals surface area contributed by atoms with Crippen molar-refractivity contribution in [2.24, 2.45) is 23.5 Å². The highest BCUT2D eigenvalue weighted by Gasteiger charge is 2.09. The largest absolute Gasteiger partial charge is 0.326 e. The Hall–Kier alpha value is -0.0800. The number of hydrogen-bond acceptors (Lipinski definition) is 2. The van der Waals surface area contributed by atoms with Gasteiger partial charge in [-0.1, -0.05) is 34.6 Å². The second kappa shape index (κ2) is 6.39. The zero-order chi connectivity index (χ0) is 10.4. The summed E-state index contributed by atoms with van der Waals surface area (Å²) in [5.74, 6) is 2.06. The lowest BCUT2D eigenvalue weighted by atomic mass is 9.98. The van der Waals surface area contributed by atoms with Gasteiger partial charge in [0.2, 0.25) is 0 Å². The van der Waals surface area contributed by atoms with Gasteiger partial charge in [-0.25, -0.2) is 0 Å². The molecule has 0 aliphatic rings. The van der Waals surface area contributed by atoms with Crippen molar-refractivity contribution in [3.8, 4) is 0 Å². The van der Waals surface area contributed by atoms with Gasteiger partial charge >= 0.3 is 0 Å². The number of nitrogens with one attached hydrogen (secondary N) is 1. The standard InChI is InChI=1S/C11H26N2/c1-8(2)10(5)6-13-7-11(12)9(3)4/h8-11,13H,6-7,12H2,1-5H3. The summed E-state index contributed by atoms with van der Waals surface area (Å²) in [6.45, 7) is 13.1. The minimum absolute atomic E-state index is 0.291. The molecular formula is C11H26N2. The van der Waals surface area contributed by atoms with Crippen molar-refractivity contribution in [3.05, 3.63) is 0 Å². The Morgan fingerprint density at radius 3 is 1.85 bits per heavy atom. The van der Waals surface area contributed by atoms with Crippen LogP contribution in [-0.2, 0) is 0 Å². The second-order valence-corrected chi connectivity index (χ2v) is 4.79. The third kappa shape index (κ3) is 6.05. The Balaban J connectivity index is 3.45. The van der Waals surface area contributed by atoms with E-state index in [4.69, 9.17) is 5.73 Å². The Morgan fingerprint density at radius 1 is 0.923 bits per heavy atom. The van der Waals surface area contributed by atoms with Gasteiger partial charge in [-0.2, -0.15) is 0 Å². The molecule has 0 saturated carbocycles. The molecule has 80 valence electrons. The SMILES string of the molecule is CC(C)C(C)CNCC(N)C(C)C. The molecule has 0 aromatic rings. The number of nitrogens with two attached hydrogens (primary N) is 1. The fourth-order valence-electron chi connectivity index (χ4n) is 0.949. The summed E-state index contributed by atoms with van der Waals surface area (Å²) in [5.41, 5.74) is 5.92. The van der Waals surface area contributed by atoms with Gasteiger partial charge in [-0.05, 0) is 24.3 Å². The highest BCUT2D eigenvalue weighted by molar-refractivity contribution is 4.69. The van der Waals surface area contributed by atoms with Gasteiger partial charge in [0.15, 0.2) is 0 Å². The molecule has 0 heterocycles. The van der Waals surface area contributed by atoms with E-state index in [0.717, 1.165) is 24.9 Å². The zero-order valence-electron chi connectivity index (χ0n) is 9.80. The molecule has 0 aromatic heterocycles. The van der Waals surface area contributed by atoms with E-state index in [1.54, 1.807) is 0 Å². The Morgan fingerprint density at radius 2 is 1.46 bits per heavy atom. The van der Waals surface area contributed by atoms with Crippen LogP contribution >= 0.6 is 0 Å². The smallest absolute Gasteiger partial charge is 0.0188 e. The van der Waals surface area contributed by atoms with Crippen molar-refractivity contribution in [1.82, 2.24) is 5.32 Å². The van der Waals surface area contributed by atoms with Crippen LogP contribution < -0.4 is 11.1 Å². The van der Waals surface area contributed by atoms with Gasteiger partial charge in [0.25, 0.3) is 0 Å². The zero-order valence-corrected chi connectivity index (χ0v) is 9.80. The Labute approximate surface area is 83.3 Å². The molecule has 2 heteroatoms. The molecule has 0 rings (SSSR count). The van der Waals surface area contributed by atoms with E-state index in [9.17, 15) is 0 Å². The molecule has 0 spiro atoms. The fraction of sp³-hybridized carbons (Fsp3) is 1.00. The summed E-state index contributed by atoms with van der Waals surface area (Å²) in [5, 5.41) is 3.42. The van der Waals surface area contributed by atoms with Gasteiger partial charge in [0.05, 0.1) is 0 Å². The summed E-state index contributed by atoms with van der Waals surface area (Å²) >= 11 is 0. The molecule has 3 N–H and O–H groups in total. The summed E-state index contributed by atoms with van der Waals surface area (Å²) in [6.07, 6.45) is 0. The molecule has 0 fully saturated rings. The first kappa shape index (κ1) is 12.9.